The molecule has 0 atom stereocenters. The summed E-state index contributed by atoms with van der Waals surface area (Å²) in [5.74, 6) is -1.78. The quantitative estimate of drug-likeness (QED) is 0.616. The minimum atomic E-state index is -1.49. The highest BCUT2D eigenvalue weighted by molar-refractivity contribution is 6.01. The van der Waals surface area contributed by atoms with E-state index < -0.39 is 11.5 Å². The van der Waals surface area contributed by atoms with Gasteiger partial charge in [0.25, 0.3) is 5.56 Å². The van der Waals surface area contributed by atoms with E-state index in [-0.39, 0.29) is 28.8 Å². The molecule has 0 bridgehead atoms. The van der Waals surface area contributed by atoms with Crippen LogP contribution in [0.2, 0.25) is 0 Å². The van der Waals surface area contributed by atoms with Gasteiger partial charge in [-0.05, 0) is 32.4 Å². The van der Waals surface area contributed by atoms with Gasteiger partial charge in [-0.1, -0.05) is 25.1 Å². The van der Waals surface area contributed by atoms with Crippen molar-refractivity contribution in [3.63, 3.8) is 0 Å². The van der Waals surface area contributed by atoms with E-state index in [0.717, 1.165) is 29.0 Å². The van der Waals surface area contributed by atoms with E-state index in [9.17, 15) is 19.5 Å². The van der Waals surface area contributed by atoms with E-state index in [2.05, 4.69) is 16.6 Å². The highest BCUT2D eigenvalue weighted by Gasteiger charge is 2.18. The van der Waals surface area contributed by atoms with Gasteiger partial charge in [-0.3, -0.25) is 9.59 Å². The molecule has 0 aliphatic rings. The van der Waals surface area contributed by atoms with Crippen LogP contribution < -0.4 is 10.7 Å². The van der Waals surface area contributed by atoms with Gasteiger partial charge < -0.3 is 14.5 Å². The lowest BCUT2D eigenvalue weighted by atomic mass is 10.1. The first kappa shape index (κ1) is 18.6. The van der Waals surface area contributed by atoms with Crippen molar-refractivity contribution < 1.29 is 14.7 Å². The second-order valence-electron chi connectivity index (χ2n) is 6.50. The van der Waals surface area contributed by atoms with E-state index in [1.165, 1.54) is 12.1 Å². The molecule has 2 heterocycles. The Labute approximate surface area is 155 Å². The molecule has 140 valence electrons. The molecule has 7 nitrogen and oxygen atoms in total. The molecule has 0 spiro atoms. The Kier molecular flexibility index (Phi) is 4.94. The van der Waals surface area contributed by atoms with Crippen molar-refractivity contribution in [3.05, 3.63) is 63.3 Å². The number of Topliss-reactive ketones (excluding diaryl/α,β-unsaturated/α-hetero) is 1. The van der Waals surface area contributed by atoms with Crippen LogP contribution in [0.25, 0.3) is 10.8 Å². The molecule has 3 aromatic rings. The normalized spacial score (nSPS) is 11.1. The predicted octanol–water partition coefficient (Wildman–Crippen LogP) is 1.47. The number of fused-ring (bicyclic) bond motifs is 1. The molecular weight excluding hydrogens is 346 g/mol. The van der Waals surface area contributed by atoms with E-state index in [0.29, 0.717) is 5.56 Å². The largest absolute Gasteiger partial charge is 0.543 e. The van der Waals surface area contributed by atoms with Crippen molar-refractivity contribution in [2.24, 2.45) is 0 Å². The number of benzene rings is 1. The summed E-state index contributed by atoms with van der Waals surface area (Å²) in [7, 11) is 0. The van der Waals surface area contributed by atoms with Crippen molar-refractivity contribution in [3.8, 4) is 0 Å². The molecule has 0 saturated carbocycles. The summed E-state index contributed by atoms with van der Waals surface area (Å²) >= 11 is 0. The molecule has 0 amide bonds. The molecule has 27 heavy (non-hydrogen) atoms. The molecule has 0 aliphatic heterocycles. The fourth-order valence-corrected chi connectivity index (χ4v) is 3.37. The maximum atomic E-state index is 12.8. The Balaban J connectivity index is 2.06. The van der Waals surface area contributed by atoms with Crippen LogP contribution in [0.1, 0.15) is 45.6 Å². The summed E-state index contributed by atoms with van der Waals surface area (Å²) in [4.78, 5) is 36.9. The summed E-state index contributed by atoms with van der Waals surface area (Å²) in [6.07, 6.45) is 0.935. The van der Waals surface area contributed by atoms with Crippen molar-refractivity contribution in [1.82, 2.24) is 14.3 Å². The van der Waals surface area contributed by atoms with Gasteiger partial charge in [0.05, 0.1) is 11.4 Å². The number of aromatic carboxylic acids is 1. The number of aryl methyl sites for hydroxylation is 1. The van der Waals surface area contributed by atoms with Crippen LogP contribution in [-0.2, 0) is 13.1 Å². The first-order chi connectivity index (χ1) is 12.8. The average Bonchev–Trinajstić information content (AvgIpc) is 2.92. The SMILES string of the molecule is CCCn1c(C)cc(C(=O)Cn2nc(C(=O)[O-])c3ccccc3c2=O)c1C. The molecule has 0 fully saturated rings. The molecule has 3 rings (SSSR count). The average molecular weight is 366 g/mol. The number of hydrogen-bond donors (Lipinski definition) is 0. The van der Waals surface area contributed by atoms with Crippen LogP contribution in [0.4, 0.5) is 0 Å². The molecule has 7 heteroatoms. The zero-order chi connectivity index (χ0) is 19.7. The lowest BCUT2D eigenvalue weighted by molar-refractivity contribution is -0.255. The Morgan fingerprint density at radius 2 is 1.81 bits per heavy atom. The fourth-order valence-electron chi connectivity index (χ4n) is 3.37. The van der Waals surface area contributed by atoms with E-state index in [4.69, 9.17) is 0 Å². The van der Waals surface area contributed by atoms with Gasteiger partial charge in [-0.25, -0.2) is 4.68 Å². The Morgan fingerprint density at radius 3 is 2.44 bits per heavy atom. The Morgan fingerprint density at radius 1 is 1.15 bits per heavy atom. The van der Waals surface area contributed by atoms with Crippen LogP contribution in [0.3, 0.4) is 0 Å². The van der Waals surface area contributed by atoms with E-state index >= 15 is 0 Å². The van der Waals surface area contributed by atoms with Gasteiger partial charge in [-0.2, -0.15) is 5.10 Å². The van der Waals surface area contributed by atoms with Crippen molar-refractivity contribution in [2.45, 2.75) is 40.3 Å². The predicted molar refractivity (Wildman–Crippen MR) is 98.9 cm³/mol. The zero-order valence-electron chi connectivity index (χ0n) is 15.5. The first-order valence-electron chi connectivity index (χ1n) is 8.76. The van der Waals surface area contributed by atoms with E-state index in [1.807, 2.05) is 13.8 Å². The molecule has 2 aromatic heterocycles. The highest BCUT2D eigenvalue weighted by Crippen LogP contribution is 2.17. The number of carbonyl (C=O) groups is 2. The third-order valence-corrected chi connectivity index (χ3v) is 4.68. The molecule has 0 radical (unpaired) electrons. The third kappa shape index (κ3) is 3.28. The van der Waals surface area contributed by atoms with Gasteiger partial charge in [0.1, 0.15) is 12.2 Å². The van der Waals surface area contributed by atoms with Gasteiger partial charge >= 0.3 is 0 Å². The van der Waals surface area contributed by atoms with Gasteiger partial charge in [0.15, 0.2) is 5.78 Å². The molecular formula is C20H20N3O4-. The fraction of sp³-hybridized carbons (Fsp3) is 0.300. The number of carboxylic acid groups (broad SMARTS) is 1. The van der Waals surface area contributed by atoms with Crippen LogP contribution >= 0.6 is 0 Å². The Hall–Kier alpha value is -3.22. The lowest BCUT2D eigenvalue weighted by Crippen LogP contribution is -2.32. The monoisotopic (exact) mass is 366 g/mol. The number of carboxylic acids is 1. The summed E-state index contributed by atoms with van der Waals surface area (Å²) in [5, 5.41) is 15.7. The van der Waals surface area contributed by atoms with Crippen molar-refractivity contribution in [2.75, 3.05) is 0 Å². The number of carbonyl (C=O) groups excluding carboxylic acids is 2. The second kappa shape index (κ2) is 7.19. The number of aromatic nitrogens is 3. The van der Waals surface area contributed by atoms with Crippen LogP contribution in [0.5, 0.6) is 0 Å². The van der Waals surface area contributed by atoms with Gasteiger partial charge in [0, 0.05) is 28.9 Å². The molecule has 0 aliphatic carbocycles. The van der Waals surface area contributed by atoms with Gasteiger partial charge in [0.2, 0.25) is 0 Å². The summed E-state index contributed by atoms with van der Waals surface area (Å²) in [6, 6.07) is 8.06. The lowest BCUT2D eigenvalue weighted by Gasteiger charge is -2.11. The van der Waals surface area contributed by atoms with Crippen LogP contribution in [0.15, 0.2) is 35.1 Å². The van der Waals surface area contributed by atoms with E-state index in [1.54, 1.807) is 18.2 Å². The maximum Gasteiger partial charge on any atom is 0.275 e. The van der Waals surface area contributed by atoms with Crippen molar-refractivity contribution >= 4 is 22.5 Å². The standard InChI is InChI=1S/C20H21N3O4/c1-4-9-22-12(2)10-16(13(22)3)17(24)11-23-19(25)15-8-6-5-7-14(15)18(21-23)20(26)27/h5-8,10H,4,9,11H2,1-3H3,(H,26,27)/p-1. The van der Waals surface area contributed by atoms with Gasteiger partial charge in [-0.15, -0.1) is 0 Å². The first-order valence-corrected chi connectivity index (χ1v) is 8.76. The topological polar surface area (TPSA) is 97.0 Å². The molecule has 1 aromatic carbocycles. The summed E-state index contributed by atoms with van der Waals surface area (Å²) < 4.78 is 2.96. The summed E-state index contributed by atoms with van der Waals surface area (Å²) in [6.45, 7) is 6.31. The van der Waals surface area contributed by atoms with Crippen LogP contribution in [0, 0.1) is 13.8 Å². The summed E-state index contributed by atoms with van der Waals surface area (Å²) in [5.41, 5.74) is 1.44. The number of ketones is 1. The minimum absolute atomic E-state index is 0.191. The zero-order valence-corrected chi connectivity index (χ0v) is 15.5. The minimum Gasteiger partial charge on any atom is -0.543 e. The number of rotatable bonds is 6. The van der Waals surface area contributed by atoms with Crippen molar-refractivity contribution in [1.29, 1.82) is 0 Å². The number of hydrogen-bond acceptors (Lipinski definition) is 5. The van der Waals surface area contributed by atoms with Crippen LogP contribution in [-0.4, -0.2) is 26.1 Å². The smallest absolute Gasteiger partial charge is 0.275 e. The second-order valence-corrected chi connectivity index (χ2v) is 6.50. The molecule has 0 saturated heterocycles. The number of nitrogens with zero attached hydrogens (tertiary/aromatic N) is 3. The maximum absolute atomic E-state index is 12.8. The molecule has 0 unspecified atom stereocenters. The third-order valence-electron chi connectivity index (χ3n) is 4.68. The highest BCUT2D eigenvalue weighted by atomic mass is 16.4. The Bertz CT molecular complexity index is 1110. The molecule has 0 N–H and O–H groups in total.